The smallest absolute Gasteiger partial charge is 0.305 e. The molecule has 0 saturated heterocycles. The Labute approximate surface area is 110 Å². The van der Waals surface area contributed by atoms with Crippen LogP contribution < -0.4 is 5.73 Å². The largest absolute Gasteiger partial charge is 0.481 e. The summed E-state index contributed by atoms with van der Waals surface area (Å²) in [6, 6.07) is 5.42. The minimum absolute atomic E-state index is 0.0465. The first-order valence-corrected chi connectivity index (χ1v) is 6.51. The lowest BCUT2D eigenvalue weighted by Crippen LogP contribution is -2.15. The van der Waals surface area contributed by atoms with E-state index in [1.54, 1.807) is 0 Å². The lowest BCUT2D eigenvalue weighted by atomic mass is 9.95. The van der Waals surface area contributed by atoms with Gasteiger partial charge in [0.1, 0.15) is 0 Å². The van der Waals surface area contributed by atoms with Gasteiger partial charge in [0.25, 0.3) is 0 Å². The SMILES string of the molecule is CCC(C)c1ccc(C(N)CC(=O)O)cc1Br. The van der Waals surface area contributed by atoms with Crippen molar-refractivity contribution in [2.75, 3.05) is 0 Å². The van der Waals surface area contributed by atoms with Gasteiger partial charge in [0.15, 0.2) is 0 Å². The highest BCUT2D eigenvalue weighted by atomic mass is 79.9. The van der Waals surface area contributed by atoms with Crippen LogP contribution in [0, 0.1) is 0 Å². The second kappa shape index (κ2) is 6.17. The number of hydrogen-bond donors (Lipinski definition) is 2. The predicted octanol–water partition coefficient (Wildman–Crippen LogP) is 3.44. The molecule has 0 amide bonds. The zero-order valence-corrected chi connectivity index (χ0v) is 11.7. The van der Waals surface area contributed by atoms with Gasteiger partial charge in [0.05, 0.1) is 6.42 Å². The van der Waals surface area contributed by atoms with Gasteiger partial charge in [-0.05, 0) is 29.5 Å². The van der Waals surface area contributed by atoms with E-state index in [2.05, 4.69) is 29.8 Å². The van der Waals surface area contributed by atoms with E-state index in [1.165, 1.54) is 5.56 Å². The summed E-state index contributed by atoms with van der Waals surface area (Å²) in [5.74, 6) is -0.395. The molecule has 0 spiro atoms. The third kappa shape index (κ3) is 3.82. The van der Waals surface area contributed by atoms with Gasteiger partial charge in [-0.25, -0.2) is 0 Å². The van der Waals surface area contributed by atoms with Gasteiger partial charge in [-0.1, -0.05) is 41.9 Å². The Morgan fingerprint density at radius 2 is 2.18 bits per heavy atom. The maximum atomic E-state index is 10.6. The Morgan fingerprint density at radius 3 is 2.65 bits per heavy atom. The van der Waals surface area contributed by atoms with Crippen molar-refractivity contribution in [2.24, 2.45) is 5.73 Å². The fraction of sp³-hybridized carbons (Fsp3) is 0.462. The van der Waals surface area contributed by atoms with Crippen LogP contribution in [-0.4, -0.2) is 11.1 Å². The summed E-state index contributed by atoms with van der Waals surface area (Å²) in [4.78, 5) is 10.6. The molecule has 94 valence electrons. The maximum Gasteiger partial charge on any atom is 0.305 e. The molecule has 4 heteroatoms. The molecular weight excluding hydrogens is 282 g/mol. The van der Waals surface area contributed by atoms with Gasteiger partial charge in [0.2, 0.25) is 0 Å². The molecular formula is C13H18BrNO2. The number of hydrogen-bond acceptors (Lipinski definition) is 2. The van der Waals surface area contributed by atoms with Crippen molar-refractivity contribution in [2.45, 2.75) is 38.6 Å². The molecule has 2 atom stereocenters. The van der Waals surface area contributed by atoms with Crippen molar-refractivity contribution in [3.05, 3.63) is 33.8 Å². The van der Waals surface area contributed by atoms with E-state index >= 15 is 0 Å². The molecule has 0 aliphatic carbocycles. The average molecular weight is 300 g/mol. The second-order valence-corrected chi connectivity index (χ2v) is 5.15. The van der Waals surface area contributed by atoms with Crippen LogP contribution in [0.15, 0.2) is 22.7 Å². The van der Waals surface area contributed by atoms with Gasteiger partial charge in [-0.2, -0.15) is 0 Å². The zero-order valence-electron chi connectivity index (χ0n) is 10.1. The van der Waals surface area contributed by atoms with Crippen molar-refractivity contribution in [3.63, 3.8) is 0 Å². The number of carboxylic acids is 1. The van der Waals surface area contributed by atoms with E-state index in [4.69, 9.17) is 10.8 Å². The molecule has 0 aliphatic heterocycles. The fourth-order valence-electron chi connectivity index (χ4n) is 1.70. The van der Waals surface area contributed by atoms with E-state index in [0.717, 1.165) is 16.5 Å². The topological polar surface area (TPSA) is 63.3 Å². The number of nitrogens with two attached hydrogens (primary N) is 1. The van der Waals surface area contributed by atoms with E-state index < -0.39 is 12.0 Å². The van der Waals surface area contributed by atoms with Gasteiger partial charge >= 0.3 is 5.97 Å². The zero-order chi connectivity index (χ0) is 13.0. The minimum Gasteiger partial charge on any atom is -0.481 e. The molecule has 0 saturated carbocycles. The molecule has 1 aromatic carbocycles. The number of benzene rings is 1. The van der Waals surface area contributed by atoms with Crippen LogP contribution in [0.5, 0.6) is 0 Å². The summed E-state index contributed by atoms with van der Waals surface area (Å²) in [5, 5.41) is 8.70. The Kier molecular flexibility index (Phi) is 5.15. The lowest BCUT2D eigenvalue weighted by molar-refractivity contribution is -0.137. The van der Waals surface area contributed by atoms with Crippen LogP contribution >= 0.6 is 15.9 Å². The fourth-order valence-corrected chi connectivity index (χ4v) is 2.49. The van der Waals surface area contributed by atoms with Crippen LogP contribution in [0.25, 0.3) is 0 Å². The third-order valence-corrected chi connectivity index (χ3v) is 3.68. The molecule has 2 unspecified atom stereocenters. The summed E-state index contributed by atoms with van der Waals surface area (Å²) < 4.78 is 1.00. The molecule has 0 fully saturated rings. The second-order valence-electron chi connectivity index (χ2n) is 4.29. The monoisotopic (exact) mass is 299 g/mol. The highest BCUT2D eigenvalue weighted by Gasteiger charge is 2.13. The van der Waals surface area contributed by atoms with Crippen LogP contribution in [0.4, 0.5) is 0 Å². The van der Waals surface area contributed by atoms with Crippen molar-refractivity contribution >= 4 is 21.9 Å². The summed E-state index contributed by atoms with van der Waals surface area (Å²) in [6.07, 6.45) is 1.02. The molecule has 0 aliphatic rings. The molecule has 0 radical (unpaired) electrons. The van der Waals surface area contributed by atoms with Crippen molar-refractivity contribution < 1.29 is 9.90 Å². The first-order valence-electron chi connectivity index (χ1n) is 5.72. The first-order chi connectivity index (χ1) is 7.95. The average Bonchev–Trinajstić information content (AvgIpc) is 2.27. The number of rotatable bonds is 5. The van der Waals surface area contributed by atoms with Gasteiger partial charge in [0, 0.05) is 10.5 Å². The number of halogens is 1. The van der Waals surface area contributed by atoms with E-state index in [1.807, 2.05) is 18.2 Å². The van der Waals surface area contributed by atoms with Gasteiger partial charge in [-0.3, -0.25) is 4.79 Å². The lowest BCUT2D eigenvalue weighted by Gasteiger charge is -2.15. The van der Waals surface area contributed by atoms with E-state index in [-0.39, 0.29) is 6.42 Å². The Bertz CT molecular complexity index is 406. The van der Waals surface area contributed by atoms with E-state index in [9.17, 15) is 4.79 Å². The van der Waals surface area contributed by atoms with Crippen molar-refractivity contribution in [3.8, 4) is 0 Å². The normalized spacial score (nSPS) is 14.4. The Morgan fingerprint density at radius 1 is 1.53 bits per heavy atom. The molecule has 0 aromatic heterocycles. The van der Waals surface area contributed by atoms with Gasteiger partial charge in [-0.15, -0.1) is 0 Å². The van der Waals surface area contributed by atoms with Crippen molar-refractivity contribution in [1.29, 1.82) is 0 Å². The molecule has 0 heterocycles. The first kappa shape index (κ1) is 14.2. The summed E-state index contributed by atoms with van der Waals surface area (Å²) >= 11 is 3.52. The Balaban J connectivity index is 2.92. The van der Waals surface area contributed by atoms with Crippen LogP contribution in [0.1, 0.15) is 49.8 Å². The molecule has 1 aromatic rings. The third-order valence-electron chi connectivity index (χ3n) is 2.99. The molecule has 17 heavy (non-hydrogen) atoms. The molecule has 3 nitrogen and oxygen atoms in total. The molecule has 3 N–H and O–H groups in total. The van der Waals surface area contributed by atoms with E-state index in [0.29, 0.717) is 5.92 Å². The summed E-state index contributed by atoms with van der Waals surface area (Å²) in [5.41, 5.74) is 7.91. The summed E-state index contributed by atoms with van der Waals surface area (Å²) in [7, 11) is 0. The van der Waals surface area contributed by atoms with Crippen LogP contribution in [-0.2, 0) is 4.79 Å². The molecule has 0 bridgehead atoms. The van der Waals surface area contributed by atoms with Crippen LogP contribution in [0.2, 0.25) is 0 Å². The highest BCUT2D eigenvalue weighted by Crippen LogP contribution is 2.29. The number of aliphatic carboxylic acids is 1. The minimum atomic E-state index is -0.875. The standard InChI is InChI=1S/C13H18BrNO2/c1-3-8(2)10-5-4-9(6-11(10)14)12(15)7-13(16)17/h4-6,8,12H,3,7,15H2,1-2H3,(H,16,17). The van der Waals surface area contributed by atoms with Gasteiger partial charge < -0.3 is 10.8 Å². The van der Waals surface area contributed by atoms with Crippen molar-refractivity contribution in [1.82, 2.24) is 0 Å². The Hall–Kier alpha value is -0.870. The predicted molar refractivity (Wildman–Crippen MR) is 72.0 cm³/mol. The van der Waals surface area contributed by atoms with Crippen LogP contribution in [0.3, 0.4) is 0 Å². The number of carboxylic acid groups (broad SMARTS) is 1. The molecule has 1 rings (SSSR count). The maximum absolute atomic E-state index is 10.6. The summed E-state index contributed by atoms with van der Waals surface area (Å²) in [6.45, 7) is 4.30. The quantitative estimate of drug-likeness (QED) is 0.875. The number of carbonyl (C=O) groups is 1. The highest BCUT2D eigenvalue weighted by molar-refractivity contribution is 9.10.